The first-order chi connectivity index (χ1) is 11.0. The van der Waals surface area contributed by atoms with Gasteiger partial charge in [-0.3, -0.25) is 0 Å². The predicted octanol–water partition coefficient (Wildman–Crippen LogP) is 3.97. The Kier molecular flexibility index (Phi) is 4.66. The first-order valence-electron chi connectivity index (χ1n) is 8.15. The molecule has 1 saturated carbocycles. The summed E-state index contributed by atoms with van der Waals surface area (Å²) in [7, 11) is 0. The van der Waals surface area contributed by atoms with E-state index in [0.29, 0.717) is 22.7 Å². The van der Waals surface area contributed by atoms with Crippen LogP contribution in [0, 0.1) is 12.8 Å². The van der Waals surface area contributed by atoms with Gasteiger partial charge in [-0.15, -0.1) is 0 Å². The van der Waals surface area contributed by atoms with E-state index < -0.39 is 0 Å². The van der Waals surface area contributed by atoms with Gasteiger partial charge in [0.2, 0.25) is 0 Å². The highest BCUT2D eigenvalue weighted by Gasteiger charge is 2.21. The van der Waals surface area contributed by atoms with Crippen molar-refractivity contribution in [3.05, 3.63) is 40.2 Å². The molecule has 3 rings (SSSR count). The van der Waals surface area contributed by atoms with Crippen LogP contribution < -0.4 is 16.3 Å². The number of aryl methyl sites for hydroxylation is 1. The van der Waals surface area contributed by atoms with Gasteiger partial charge in [-0.2, -0.15) is 0 Å². The lowest BCUT2D eigenvalue weighted by Gasteiger charge is -2.30. The lowest BCUT2D eigenvalue weighted by molar-refractivity contribution is 0.309. The average molecular weight is 330 g/mol. The van der Waals surface area contributed by atoms with Crippen molar-refractivity contribution in [1.82, 2.24) is 5.32 Å². The Labute approximate surface area is 141 Å². The van der Waals surface area contributed by atoms with Crippen LogP contribution in [0.3, 0.4) is 0 Å². The normalized spacial score (nSPS) is 21.1. The third kappa shape index (κ3) is 3.72. The highest BCUT2D eigenvalue weighted by Crippen LogP contribution is 2.24. The molecule has 23 heavy (non-hydrogen) atoms. The number of rotatable bonds is 2. The van der Waals surface area contributed by atoms with Crippen LogP contribution in [0.1, 0.15) is 38.2 Å². The van der Waals surface area contributed by atoms with E-state index in [2.05, 4.69) is 17.6 Å². The first-order valence-corrected chi connectivity index (χ1v) is 8.56. The summed E-state index contributed by atoms with van der Waals surface area (Å²) in [4.78, 5) is 11.5. The molecule has 122 valence electrons. The van der Waals surface area contributed by atoms with Crippen LogP contribution in [0.2, 0.25) is 0 Å². The molecular weight excluding hydrogens is 308 g/mol. The van der Waals surface area contributed by atoms with Gasteiger partial charge in [-0.05, 0) is 55.6 Å². The van der Waals surface area contributed by atoms with Crippen molar-refractivity contribution >= 4 is 34.0 Å². The van der Waals surface area contributed by atoms with Gasteiger partial charge in [-0.1, -0.05) is 19.8 Å². The molecule has 2 unspecified atom stereocenters. The van der Waals surface area contributed by atoms with Gasteiger partial charge in [0.1, 0.15) is 5.58 Å². The topological polar surface area (TPSA) is 54.3 Å². The van der Waals surface area contributed by atoms with Crippen LogP contribution in [0.25, 0.3) is 11.0 Å². The Balaban J connectivity index is 1.73. The van der Waals surface area contributed by atoms with Crippen molar-refractivity contribution in [2.24, 2.45) is 5.92 Å². The number of fused-ring (bicyclic) bond motifs is 1. The maximum absolute atomic E-state index is 11.5. The molecule has 0 spiro atoms. The van der Waals surface area contributed by atoms with Crippen molar-refractivity contribution in [2.45, 2.75) is 45.6 Å². The standard InChI is InChI=1S/C18H22N2O2S/c1-11-5-3-4-6-15(11)20-18(23)19-13-7-8-14-12(2)9-17(21)22-16(14)10-13/h7-11,15H,3-6H2,1-2H3,(H2,19,20,23). The summed E-state index contributed by atoms with van der Waals surface area (Å²) in [6, 6.07) is 7.66. The highest BCUT2D eigenvalue weighted by molar-refractivity contribution is 7.80. The van der Waals surface area contributed by atoms with Crippen molar-refractivity contribution in [1.29, 1.82) is 0 Å². The third-order valence-electron chi connectivity index (χ3n) is 4.64. The summed E-state index contributed by atoms with van der Waals surface area (Å²) in [5.74, 6) is 0.640. The molecule has 1 aromatic heterocycles. The fraction of sp³-hybridized carbons (Fsp3) is 0.444. The van der Waals surface area contributed by atoms with E-state index in [-0.39, 0.29) is 5.63 Å². The molecule has 1 aliphatic rings. The maximum Gasteiger partial charge on any atom is 0.336 e. The quantitative estimate of drug-likeness (QED) is 0.645. The summed E-state index contributed by atoms with van der Waals surface area (Å²) >= 11 is 5.43. The summed E-state index contributed by atoms with van der Waals surface area (Å²) in [6.45, 7) is 4.18. The second-order valence-corrected chi connectivity index (χ2v) is 6.83. The Hall–Kier alpha value is -1.88. The van der Waals surface area contributed by atoms with Crippen LogP contribution >= 0.6 is 12.2 Å². The SMILES string of the molecule is Cc1cc(=O)oc2cc(NC(=S)NC3CCCCC3C)ccc12. The molecule has 0 saturated heterocycles. The third-order valence-corrected chi connectivity index (χ3v) is 4.86. The maximum atomic E-state index is 11.5. The lowest BCUT2D eigenvalue weighted by Crippen LogP contribution is -2.43. The Morgan fingerprint density at radius 3 is 2.83 bits per heavy atom. The Morgan fingerprint density at radius 2 is 2.04 bits per heavy atom. The van der Waals surface area contributed by atoms with Gasteiger partial charge < -0.3 is 15.1 Å². The lowest BCUT2D eigenvalue weighted by atomic mass is 9.86. The van der Waals surface area contributed by atoms with Crippen molar-refractivity contribution in [3.8, 4) is 0 Å². The van der Waals surface area contributed by atoms with Gasteiger partial charge in [-0.25, -0.2) is 4.79 Å². The summed E-state index contributed by atoms with van der Waals surface area (Å²) < 4.78 is 5.27. The fourth-order valence-corrected chi connectivity index (χ4v) is 3.54. The highest BCUT2D eigenvalue weighted by atomic mass is 32.1. The molecule has 1 aromatic carbocycles. The monoisotopic (exact) mass is 330 g/mol. The summed E-state index contributed by atoms with van der Waals surface area (Å²) in [6.07, 6.45) is 4.98. The largest absolute Gasteiger partial charge is 0.423 e. The number of benzene rings is 1. The van der Waals surface area contributed by atoms with Gasteiger partial charge in [0.15, 0.2) is 5.11 Å². The second kappa shape index (κ2) is 6.71. The number of hydrogen-bond acceptors (Lipinski definition) is 3. The van der Waals surface area contributed by atoms with Gasteiger partial charge >= 0.3 is 5.63 Å². The molecule has 0 radical (unpaired) electrons. The van der Waals surface area contributed by atoms with Gasteiger partial charge in [0.25, 0.3) is 0 Å². The van der Waals surface area contributed by atoms with E-state index in [1.165, 1.54) is 25.3 Å². The molecule has 2 N–H and O–H groups in total. The van der Waals surface area contributed by atoms with Crippen molar-refractivity contribution in [3.63, 3.8) is 0 Å². The number of anilines is 1. The number of thiocarbonyl (C=S) groups is 1. The molecule has 0 bridgehead atoms. The zero-order chi connectivity index (χ0) is 16.4. The van der Waals surface area contributed by atoms with E-state index >= 15 is 0 Å². The van der Waals surface area contributed by atoms with Crippen LogP contribution in [0.5, 0.6) is 0 Å². The van der Waals surface area contributed by atoms with Crippen LogP contribution in [0.4, 0.5) is 5.69 Å². The molecule has 1 fully saturated rings. The van der Waals surface area contributed by atoms with E-state index in [1.807, 2.05) is 25.1 Å². The minimum Gasteiger partial charge on any atom is -0.423 e. The van der Waals surface area contributed by atoms with Crippen LogP contribution in [-0.2, 0) is 0 Å². The summed E-state index contributed by atoms with van der Waals surface area (Å²) in [5, 5.41) is 8.18. The Morgan fingerprint density at radius 1 is 1.26 bits per heavy atom. The second-order valence-electron chi connectivity index (χ2n) is 6.43. The van der Waals surface area contributed by atoms with Gasteiger partial charge in [0.05, 0.1) is 0 Å². The van der Waals surface area contributed by atoms with Crippen molar-refractivity contribution < 1.29 is 4.42 Å². The number of nitrogens with one attached hydrogen (secondary N) is 2. The Bertz CT molecular complexity index is 784. The fourth-order valence-electron chi connectivity index (χ4n) is 3.27. The molecule has 5 heteroatoms. The smallest absolute Gasteiger partial charge is 0.336 e. The average Bonchev–Trinajstić information content (AvgIpc) is 2.49. The van der Waals surface area contributed by atoms with Crippen molar-refractivity contribution in [2.75, 3.05) is 5.32 Å². The molecule has 1 aliphatic carbocycles. The van der Waals surface area contributed by atoms with Gasteiger partial charge in [0, 0.05) is 29.2 Å². The summed E-state index contributed by atoms with van der Waals surface area (Å²) in [5.41, 5.74) is 1.99. The molecule has 1 heterocycles. The molecule has 2 atom stereocenters. The molecule has 0 aliphatic heterocycles. The number of hydrogen-bond donors (Lipinski definition) is 2. The molecule has 0 amide bonds. The van der Waals surface area contributed by atoms with E-state index in [9.17, 15) is 4.79 Å². The minimum atomic E-state index is -0.330. The van der Waals surface area contributed by atoms with Crippen LogP contribution in [-0.4, -0.2) is 11.2 Å². The minimum absolute atomic E-state index is 0.330. The van der Waals surface area contributed by atoms with E-state index in [0.717, 1.165) is 23.1 Å². The molecule has 4 nitrogen and oxygen atoms in total. The predicted molar refractivity (Wildman–Crippen MR) is 98.0 cm³/mol. The van der Waals surface area contributed by atoms with E-state index in [4.69, 9.17) is 16.6 Å². The van der Waals surface area contributed by atoms with Crippen LogP contribution in [0.15, 0.2) is 33.5 Å². The zero-order valence-electron chi connectivity index (χ0n) is 13.5. The molecule has 2 aromatic rings. The first kappa shape index (κ1) is 16.0. The zero-order valence-corrected chi connectivity index (χ0v) is 14.3. The molecular formula is C18H22N2O2S. The van der Waals surface area contributed by atoms with E-state index in [1.54, 1.807) is 0 Å².